The Kier molecular flexibility index (Phi) is 8.00. The maximum absolute atomic E-state index is 12.3. The van der Waals surface area contributed by atoms with Crippen molar-refractivity contribution in [3.63, 3.8) is 0 Å². The topological polar surface area (TPSA) is 87.9 Å². The Hall–Kier alpha value is -1.99. The highest BCUT2D eigenvalue weighted by molar-refractivity contribution is 6.30. The molecule has 1 fully saturated rings. The molecule has 0 spiro atoms. The zero-order chi connectivity index (χ0) is 18.9. The van der Waals surface area contributed by atoms with Crippen LogP contribution in [0.3, 0.4) is 0 Å². The van der Waals surface area contributed by atoms with Crippen LogP contribution in [0.25, 0.3) is 0 Å². The molecule has 0 radical (unpaired) electrons. The highest BCUT2D eigenvalue weighted by Crippen LogP contribution is 2.24. The third-order valence-electron chi connectivity index (χ3n) is 4.48. The molecule has 3 N–H and O–H groups in total. The van der Waals surface area contributed by atoms with E-state index in [1.165, 1.54) is 0 Å². The van der Waals surface area contributed by atoms with E-state index in [1.54, 1.807) is 7.11 Å². The van der Waals surface area contributed by atoms with Crippen molar-refractivity contribution >= 4 is 23.5 Å². The number of piperazine rings is 1. The van der Waals surface area contributed by atoms with Gasteiger partial charge in [-0.1, -0.05) is 11.6 Å². The SMILES string of the molecule is COc1ccc(Cl)cc1CN1CCN(C(=O)CCCCNC(N)=O)CC1. The Bertz CT molecular complexity index is 618. The van der Waals surface area contributed by atoms with E-state index in [1.807, 2.05) is 23.1 Å². The number of halogens is 1. The Morgan fingerprint density at radius 2 is 1.96 bits per heavy atom. The average molecular weight is 383 g/mol. The zero-order valence-electron chi connectivity index (χ0n) is 15.2. The molecule has 8 heteroatoms. The normalized spacial score (nSPS) is 14.9. The second-order valence-electron chi connectivity index (χ2n) is 6.36. The number of urea groups is 1. The van der Waals surface area contributed by atoms with Crippen LogP contribution in [0.2, 0.25) is 5.02 Å². The van der Waals surface area contributed by atoms with E-state index in [2.05, 4.69) is 10.2 Å². The molecule has 1 aromatic rings. The number of carbonyl (C=O) groups excluding carboxylic acids is 2. The van der Waals surface area contributed by atoms with Crippen LogP contribution in [0, 0.1) is 0 Å². The summed E-state index contributed by atoms with van der Waals surface area (Å²) in [6.07, 6.45) is 2.00. The van der Waals surface area contributed by atoms with Gasteiger partial charge in [0.1, 0.15) is 5.75 Å². The molecule has 1 aliphatic rings. The first-order chi connectivity index (χ1) is 12.5. The summed E-state index contributed by atoms with van der Waals surface area (Å²) in [5.41, 5.74) is 6.06. The van der Waals surface area contributed by atoms with Crippen LogP contribution >= 0.6 is 11.6 Å². The number of ether oxygens (including phenoxy) is 1. The van der Waals surface area contributed by atoms with Crippen molar-refractivity contribution in [2.75, 3.05) is 39.8 Å². The molecule has 0 bridgehead atoms. The summed E-state index contributed by atoms with van der Waals surface area (Å²) in [6, 6.07) is 5.10. The molecule has 3 amide bonds. The average Bonchev–Trinajstić information content (AvgIpc) is 2.62. The van der Waals surface area contributed by atoms with Crippen molar-refractivity contribution in [2.45, 2.75) is 25.8 Å². The van der Waals surface area contributed by atoms with Crippen LogP contribution in [-0.4, -0.2) is 61.6 Å². The number of primary amides is 1. The Morgan fingerprint density at radius 1 is 1.23 bits per heavy atom. The lowest BCUT2D eigenvalue weighted by Gasteiger charge is -2.35. The van der Waals surface area contributed by atoms with Crippen LogP contribution in [0.1, 0.15) is 24.8 Å². The summed E-state index contributed by atoms with van der Waals surface area (Å²) >= 11 is 6.09. The van der Waals surface area contributed by atoms with Crippen LogP contribution in [0.5, 0.6) is 5.75 Å². The lowest BCUT2D eigenvalue weighted by molar-refractivity contribution is -0.133. The van der Waals surface area contributed by atoms with Crippen LogP contribution in [-0.2, 0) is 11.3 Å². The first-order valence-electron chi connectivity index (χ1n) is 8.85. The number of nitrogens with zero attached hydrogens (tertiary/aromatic N) is 2. The number of nitrogens with one attached hydrogen (secondary N) is 1. The molecule has 2 rings (SSSR count). The van der Waals surface area contributed by atoms with Gasteiger partial charge in [0.15, 0.2) is 0 Å². The van der Waals surface area contributed by atoms with Gasteiger partial charge in [0, 0.05) is 56.3 Å². The van der Waals surface area contributed by atoms with E-state index in [0.29, 0.717) is 18.0 Å². The van der Waals surface area contributed by atoms with Gasteiger partial charge in [0.2, 0.25) is 5.91 Å². The van der Waals surface area contributed by atoms with E-state index in [0.717, 1.165) is 56.9 Å². The fraction of sp³-hybridized carbons (Fsp3) is 0.556. The van der Waals surface area contributed by atoms with Crippen LogP contribution in [0.4, 0.5) is 4.79 Å². The highest BCUT2D eigenvalue weighted by Gasteiger charge is 2.21. The maximum atomic E-state index is 12.3. The number of amides is 3. The number of unbranched alkanes of at least 4 members (excludes halogenated alkanes) is 1. The van der Waals surface area contributed by atoms with Crippen molar-refractivity contribution in [3.8, 4) is 5.75 Å². The number of nitrogens with two attached hydrogens (primary N) is 1. The summed E-state index contributed by atoms with van der Waals surface area (Å²) in [5, 5.41) is 3.22. The summed E-state index contributed by atoms with van der Waals surface area (Å²) < 4.78 is 5.40. The first kappa shape index (κ1) is 20.3. The van der Waals surface area contributed by atoms with Gasteiger partial charge in [-0.05, 0) is 31.0 Å². The lowest BCUT2D eigenvalue weighted by atomic mass is 10.1. The molecule has 0 saturated carbocycles. The molecule has 1 heterocycles. The van der Waals surface area contributed by atoms with Gasteiger partial charge in [-0.15, -0.1) is 0 Å². The minimum absolute atomic E-state index is 0.170. The monoisotopic (exact) mass is 382 g/mol. The van der Waals surface area contributed by atoms with E-state index < -0.39 is 6.03 Å². The number of carbonyl (C=O) groups is 2. The summed E-state index contributed by atoms with van der Waals surface area (Å²) in [7, 11) is 1.66. The number of benzene rings is 1. The molecule has 1 aromatic carbocycles. The quantitative estimate of drug-likeness (QED) is 0.671. The van der Waals surface area contributed by atoms with Crippen LogP contribution < -0.4 is 15.8 Å². The van der Waals surface area contributed by atoms with Crippen molar-refractivity contribution in [1.82, 2.24) is 15.1 Å². The molecule has 7 nitrogen and oxygen atoms in total. The lowest BCUT2D eigenvalue weighted by Crippen LogP contribution is -2.48. The van der Waals surface area contributed by atoms with Crippen LogP contribution in [0.15, 0.2) is 18.2 Å². The van der Waals surface area contributed by atoms with Gasteiger partial charge in [-0.2, -0.15) is 0 Å². The Morgan fingerprint density at radius 3 is 2.62 bits per heavy atom. The predicted molar refractivity (Wildman–Crippen MR) is 101 cm³/mol. The number of hydrogen-bond acceptors (Lipinski definition) is 4. The minimum atomic E-state index is -0.524. The highest BCUT2D eigenvalue weighted by atomic mass is 35.5. The number of hydrogen-bond donors (Lipinski definition) is 2. The molecule has 1 saturated heterocycles. The van der Waals surface area contributed by atoms with Crippen molar-refractivity contribution in [1.29, 1.82) is 0 Å². The van der Waals surface area contributed by atoms with E-state index in [-0.39, 0.29) is 5.91 Å². The second-order valence-corrected chi connectivity index (χ2v) is 6.80. The van der Waals surface area contributed by atoms with E-state index in [9.17, 15) is 9.59 Å². The standard InChI is InChI=1S/C18H27ClN4O3/c1-26-16-6-5-15(19)12-14(16)13-22-8-10-23(11-9-22)17(24)4-2-3-7-21-18(20)25/h5-6,12H,2-4,7-11,13H2,1H3,(H3,20,21,25). The fourth-order valence-electron chi connectivity index (χ4n) is 3.04. The summed E-state index contributed by atoms with van der Waals surface area (Å²) in [5.74, 6) is 1.00. The Balaban J connectivity index is 1.72. The van der Waals surface area contributed by atoms with Crippen molar-refractivity contribution in [3.05, 3.63) is 28.8 Å². The van der Waals surface area contributed by atoms with Gasteiger partial charge in [-0.25, -0.2) is 4.79 Å². The maximum Gasteiger partial charge on any atom is 0.312 e. The van der Waals surface area contributed by atoms with Gasteiger partial charge in [0.05, 0.1) is 7.11 Å². The molecule has 0 aromatic heterocycles. The van der Waals surface area contributed by atoms with Gasteiger partial charge in [-0.3, -0.25) is 9.69 Å². The zero-order valence-corrected chi connectivity index (χ0v) is 15.9. The fourth-order valence-corrected chi connectivity index (χ4v) is 3.23. The number of methoxy groups -OCH3 is 1. The molecule has 1 aliphatic heterocycles. The smallest absolute Gasteiger partial charge is 0.312 e. The van der Waals surface area contributed by atoms with Gasteiger partial charge in [0.25, 0.3) is 0 Å². The van der Waals surface area contributed by atoms with Crippen molar-refractivity contribution < 1.29 is 14.3 Å². The third kappa shape index (κ3) is 6.38. The number of rotatable bonds is 8. The van der Waals surface area contributed by atoms with Gasteiger partial charge < -0.3 is 20.7 Å². The molecule has 0 unspecified atom stereocenters. The molecule has 0 aliphatic carbocycles. The third-order valence-corrected chi connectivity index (χ3v) is 4.71. The van der Waals surface area contributed by atoms with Crippen molar-refractivity contribution in [2.24, 2.45) is 5.73 Å². The largest absolute Gasteiger partial charge is 0.496 e. The van der Waals surface area contributed by atoms with Gasteiger partial charge >= 0.3 is 6.03 Å². The minimum Gasteiger partial charge on any atom is -0.496 e. The van der Waals surface area contributed by atoms with E-state index in [4.69, 9.17) is 22.1 Å². The van der Waals surface area contributed by atoms with E-state index >= 15 is 0 Å². The molecular formula is C18H27ClN4O3. The first-order valence-corrected chi connectivity index (χ1v) is 9.23. The Labute approximate surface area is 159 Å². The summed E-state index contributed by atoms with van der Waals surface area (Å²) in [4.78, 5) is 27.1. The molecule has 0 atom stereocenters. The molecule has 144 valence electrons. The summed E-state index contributed by atoms with van der Waals surface area (Å²) in [6.45, 7) is 4.36. The second kappa shape index (κ2) is 10.2. The molecule has 26 heavy (non-hydrogen) atoms. The predicted octanol–water partition coefficient (Wildman–Crippen LogP) is 1.83. The molecular weight excluding hydrogens is 356 g/mol.